The van der Waals surface area contributed by atoms with Crippen LogP contribution in [0.15, 0.2) is 42.5 Å². The Hall–Kier alpha value is -2.05. The lowest BCUT2D eigenvalue weighted by Gasteiger charge is -2.48. The summed E-state index contributed by atoms with van der Waals surface area (Å²) in [4.78, 5) is 21.2. The van der Waals surface area contributed by atoms with Crippen molar-refractivity contribution >= 4 is 17.5 Å². The smallest absolute Gasteiger partial charge is 0.248 e. The molecule has 198 valence electrons. The van der Waals surface area contributed by atoms with Gasteiger partial charge in [0.1, 0.15) is 11.1 Å². The lowest BCUT2D eigenvalue weighted by atomic mass is 9.64. The van der Waals surface area contributed by atoms with Crippen molar-refractivity contribution in [3.05, 3.63) is 64.4 Å². The Morgan fingerprint density at radius 1 is 1.08 bits per heavy atom. The molecule has 3 heterocycles. The summed E-state index contributed by atoms with van der Waals surface area (Å²) in [5, 5.41) is 2.77. The molecule has 2 aliphatic carbocycles. The molecule has 1 amide bonds. The van der Waals surface area contributed by atoms with Crippen molar-refractivity contribution in [1.29, 1.82) is 0 Å². The molecule has 37 heavy (non-hydrogen) atoms. The largest absolute Gasteiger partial charge is 0.345 e. The summed E-state index contributed by atoms with van der Waals surface area (Å²) in [7, 11) is 0. The second-order valence-corrected chi connectivity index (χ2v) is 12.2. The summed E-state index contributed by atoms with van der Waals surface area (Å²) < 4.78 is 29.2. The number of benzene rings is 1. The number of aromatic nitrogens is 1. The SMILES string of the molecule is O=C([C@@H]1C[NH2+]C[C@]12CCCc1nc(Cl)ccc12)N1CC[C@@H](c2ccccc2)CC1C1CCCC(F)(F)C1. The van der Waals surface area contributed by atoms with Gasteiger partial charge >= 0.3 is 0 Å². The minimum atomic E-state index is -2.63. The number of quaternary nitrogens is 1. The number of nitrogens with zero attached hydrogens (tertiary/aromatic N) is 2. The minimum Gasteiger partial charge on any atom is -0.345 e. The molecule has 4 nitrogen and oxygen atoms in total. The van der Waals surface area contributed by atoms with Gasteiger partial charge in [0, 0.05) is 31.1 Å². The molecule has 0 bridgehead atoms. The Morgan fingerprint density at radius 2 is 1.92 bits per heavy atom. The van der Waals surface area contributed by atoms with E-state index in [1.807, 2.05) is 12.1 Å². The van der Waals surface area contributed by atoms with Crippen molar-refractivity contribution in [3.63, 3.8) is 0 Å². The van der Waals surface area contributed by atoms with E-state index in [4.69, 9.17) is 11.6 Å². The third-order valence-corrected chi connectivity index (χ3v) is 10.0. The second kappa shape index (κ2) is 9.92. The molecule has 0 radical (unpaired) electrons. The molecule has 7 heteroatoms. The quantitative estimate of drug-likeness (QED) is 0.563. The third-order valence-electron chi connectivity index (χ3n) is 9.81. The van der Waals surface area contributed by atoms with Gasteiger partial charge in [-0.15, -0.1) is 0 Å². The number of amides is 1. The standard InChI is InChI=1S/C30H36ClF2N3O/c31-27-11-10-23-25(35-27)9-5-13-29(23)19-34-18-24(29)28(37)36-15-12-21(20-6-2-1-3-7-20)16-26(36)22-8-4-14-30(32,33)17-22/h1-3,6-7,10-11,21-22,24,26,34H,4-5,8-9,12-19H2/p+1/t21-,22?,24+,26?,29+/m1/s1. The predicted octanol–water partition coefficient (Wildman–Crippen LogP) is 5.10. The van der Waals surface area contributed by atoms with Crippen LogP contribution >= 0.6 is 11.6 Å². The molecule has 2 saturated heterocycles. The molecule has 1 aromatic carbocycles. The van der Waals surface area contributed by atoms with Gasteiger partial charge in [-0.25, -0.2) is 13.8 Å². The van der Waals surface area contributed by atoms with Gasteiger partial charge < -0.3 is 10.2 Å². The number of carbonyl (C=O) groups is 1. The molecule has 4 aliphatic rings. The number of nitrogens with two attached hydrogens (primary N) is 1. The number of fused-ring (bicyclic) bond motifs is 2. The monoisotopic (exact) mass is 528 g/mol. The zero-order valence-corrected chi connectivity index (χ0v) is 22.1. The molecular weight excluding hydrogens is 492 g/mol. The molecule has 5 atom stereocenters. The molecule has 1 aromatic heterocycles. The van der Waals surface area contributed by atoms with Crippen LogP contribution in [-0.4, -0.2) is 47.4 Å². The molecule has 6 rings (SSSR count). The number of pyridine rings is 1. The van der Waals surface area contributed by atoms with Crippen LogP contribution < -0.4 is 5.32 Å². The molecule has 2 unspecified atom stereocenters. The average Bonchev–Trinajstić information content (AvgIpc) is 3.31. The number of likely N-dealkylation sites (tertiary alicyclic amines) is 1. The first kappa shape index (κ1) is 25.2. The highest BCUT2D eigenvalue weighted by molar-refractivity contribution is 6.29. The number of hydrogen-bond acceptors (Lipinski definition) is 2. The molecule has 1 spiro atoms. The van der Waals surface area contributed by atoms with E-state index in [0.717, 1.165) is 57.3 Å². The molecule has 1 saturated carbocycles. The Morgan fingerprint density at radius 3 is 2.73 bits per heavy atom. The highest BCUT2D eigenvalue weighted by Crippen LogP contribution is 2.47. The first-order chi connectivity index (χ1) is 17.9. The van der Waals surface area contributed by atoms with Crippen LogP contribution in [-0.2, 0) is 16.6 Å². The van der Waals surface area contributed by atoms with Crippen molar-refractivity contribution in [1.82, 2.24) is 9.88 Å². The summed E-state index contributed by atoms with van der Waals surface area (Å²) in [6.45, 7) is 2.25. The van der Waals surface area contributed by atoms with Crippen LogP contribution in [0.4, 0.5) is 8.78 Å². The van der Waals surface area contributed by atoms with E-state index >= 15 is 0 Å². The van der Waals surface area contributed by atoms with Crippen molar-refractivity contribution in [2.24, 2.45) is 11.8 Å². The van der Waals surface area contributed by atoms with Crippen LogP contribution in [0.25, 0.3) is 0 Å². The van der Waals surface area contributed by atoms with Gasteiger partial charge in [-0.1, -0.05) is 48.0 Å². The lowest BCUT2D eigenvalue weighted by molar-refractivity contribution is -0.640. The van der Waals surface area contributed by atoms with E-state index < -0.39 is 5.92 Å². The van der Waals surface area contributed by atoms with Gasteiger partial charge in [0.2, 0.25) is 11.8 Å². The van der Waals surface area contributed by atoms with Gasteiger partial charge in [0.15, 0.2) is 0 Å². The topological polar surface area (TPSA) is 49.8 Å². The summed E-state index contributed by atoms with van der Waals surface area (Å²) in [5.74, 6) is -2.47. The van der Waals surface area contributed by atoms with E-state index in [0.29, 0.717) is 24.0 Å². The Labute approximate surface area is 223 Å². The van der Waals surface area contributed by atoms with Gasteiger partial charge in [-0.2, -0.15) is 0 Å². The summed E-state index contributed by atoms with van der Waals surface area (Å²) in [6, 6.07) is 14.2. The molecule has 2 N–H and O–H groups in total. The fourth-order valence-corrected chi connectivity index (χ4v) is 8.26. The Balaban J connectivity index is 1.32. The lowest BCUT2D eigenvalue weighted by Crippen LogP contribution is -2.82. The average molecular weight is 529 g/mol. The third kappa shape index (κ3) is 4.69. The molecular formula is C30H37ClF2N3O+. The summed E-state index contributed by atoms with van der Waals surface area (Å²) >= 11 is 6.23. The van der Waals surface area contributed by atoms with Gasteiger partial charge in [0.05, 0.1) is 18.5 Å². The van der Waals surface area contributed by atoms with E-state index in [-0.39, 0.29) is 42.0 Å². The zero-order valence-electron chi connectivity index (χ0n) is 21.4. The van der Waals surface area contributed by atoms with Gasteiger partial charge in [0.25, 0.3) is 0 Å². The van der Waals surface area contributed by atoms with Crippen LogP contribution in [0.3, 0.4) is 0 Å². The van der Waals surface area contributed by atoms with Crippen LogP contribution in [0.5, 0.6) is 0 Å². The van der Waals surface area contributed by atoms with Gasteiger partial charge in [-0.05, 0) is 74.0 Å². The molecule has 2 aliphatic heterocycles. The van der Waals surface area contributed by atoms with E-state index in [1.165, 1.54) is 11.1 Å². The number of rotatable bonds is 3. The Kier molecular flexibility index (Phi) is 6.77. The number of piperidine rings is 1. The number of carbonyl (C=O) groups excluding carboxylic acids is 1. The maximum absolute atomic E-state index is 14.6. The fourth-order valence-electron chi connectivity index (χ4n) is 8.10. The van der Waals surface area contributed by atoms with Crippen molar-refractivity contribution < 1.29 is 18.9 Å². The first-order valence-electron chi connectivity index (χ1n) is 14.1. The van der Waals surface area contributed by atoms with Gasteiger partial charge in [-0.3, -0.25) is 4.79 Å². The molecule has 3 fully saturated rings. The molecule has 2 aromatic rings. The van der Waals surface area contributed by atoms with E-state index in [1.54, 1.807) is 0 Å². The van der Waals surface area contributed by atoms with Crippen molar-refractivity contribution in [2.45, 2.75) is 81.1 Å². The highest BCUT2D eigenvalue weighted by atomic mass is 35.5. The summed E-state index contributed by atoms with van der Waals surface area (Å²) in [5.41, 5.74) is 3.21. The predicted molar refractivity (Wildman–Crippen MR) is 140 cm³/mol. The fraction of sp³-hybridized carbons (Fsp3) is 0.600. The summed E-state index contributed by atoms with van der Waals surface area (Å²) in [6.07, 6.45) is 5.68. The normalized spacial score (nSPS) is 33.3. The van der Waals surface area contributed by atoms with Crippen molar-refractivity contribution in [2.75, 3.05) is 19.6 Å². The number of alkyl halides is 2. The Bertz CT molecular complexity index is 1140. The van der Waals surface area contributed by atoms with Crippen LogP contribution in [0, 0.1) is 11.8 Å². The highest BCUT2D eigenvalue weighted by Gasteiger charge is 2.56. The number of hydrogen-bond donors (Lipinski definition) is 1. The maximum atomic E-state index is 14.6. The number of aryl methyl sites for hydroxylation is 1. The van der Waals surface area contributed by atoms with E-state index in [9.17, 15) is 13.6 Å². The van der Waals surface area contributed by atoms with Crippen molar-refractivity contribution in [3.8, 4) is 0 Å². The second-order valence-electron chi connectivity index (χ2n) is 11.9. The minimum absolute atomic E-state index is 0.0285. The maximum Gasteiger partial charge on any atom is 0.248 e. The number of halogens is 3. The van der Waals surface area contributed by atoms with E-state index in [2.05, 4.69) is 45.5 Å². The van der Waals surface area contributed by atoms with Crippen LogP contribution in [0.2, 0.25) is 5.15 Å². The zero-order chi connectivity index (χ0) is 25.6. The first-order valence-corrected chi connectivity index (χ1v) is 14.4. The van der Waals surface area contributed by atoms with Crippen LogP contribution in [0.1, 0.15) is 74.1 Å².